The Hall–Kier alpha value is -1.59. The molecule has 0 N–H and O–H groups in total. The van der Waals surface area contributed by atoms with Crippen LogP contribution in [0, 0.1) is 16.7 Å². The second-order valence-electron chi connectivity index (χ2n) is 12.0. The number of hydrogen-bond acceptors (Lipinski definition) is 5. The fraction of sp³-hybridized carbons (Fsp3) is 0.741. The van der Waals surface area contributed by atoms with Gasteiger partial charge < -0.3 is 9.64 Å². The summed E-state index contributed by atoms with van der Waals surface area (Å²) in [4.78, 5) is 20.5. The molecule has 4 aliphatic heterocycles. The molecule has 0 aromatic rings. The van der Waals surface area contributed by atoms with Crippen molar-refractivity contribution in [2.24, 2.45) is 16.7 Å². The molecule has 1 aliphatic carbocycles. The summed E-state index contributed by atoms with van der Waals surface area (Å²) in [5.74, 6) is 0.0703. The van der Waals surface area contributed by atoms with Gasteiger partial charge in [-0.15, -0.1) is 0 Å². The summed E-state index contributed by atoms with van der Waals surface area (Å²) >= 11 is 0. The van der Waals surface area contributed by atoms with Gasteiger partial charge in [-0.2, -0.15) is 0 Å². The van der Waals surface area contributed by atoms with E-state index in [0.717, 1.165) is 45.6 Å². The maximum atomic E-state index is 12.9. The number of esters is 1. The molecular weight excluding hydrogens is 398 g/mol. The molecule has 5 aliphatic rings. The Morgan fingerprint density at radius 2 is 1.84 bits per heavy atom. The lowest BCUT2D eigenvalue weighted by Crippen LogP contribution is -2.54. The number of allylic oxidation sites excluding steroid dienone is 2. The molecule has 5 heteroatoms. The van der Waals surface area contributed by atoms with Gasteiger partial charge in [-0.3, -0.25) is 9.80 Å². The lowest BCUT2D eigenvalue weighted by molar-refractivity contribution is -0.147. The maximum absolute atomic E-state index is 12.9. The lowest BCUT2D eigenvalue weighted by atomic mass is 9.63. The molecule has 3 atom stereocenters. The van der Waals surface area contributed by atoms with Crippen LogP contribution < -0.4 is 0 Å². The summed E-state index contributed by atoms with van der Waals surface area (Å²) in [5, 5.41) is 0. The number of hydrogen-bond donors (Lipinski definition) is 0. The first kappa shape index (κ1) is 22.2. The minimum Gasteiger partial charge on any atom is -0.454 e. The summed E-state index contributed by atoms with van der Waals surface area (Å²) in [6.45, 7) is 17.2. The Morgan fingerprint density at radius 1 is 1.09 bits per heavy atom. The Bertz CT molecular complexity index is 897. The van der Waals surface area contributed by atoms with E-state index in [9.17, 15) is 4.79 Å². The van der Waals surface area contributed by atoms with Crippen molar-refractivity contribution in [2.75, 3.05) is 39.8 Å². The van der Waals surface area contributed by atoms with Crippen LogP contribution in [-0.2, 0) is 9.53 Å². The molecule has 2 fully saturated rings. The summed E-state index contributed by atoms with van der Waals surface area (Å²) in [6, 6.07) is 0. The normalized spacial score (nSPS) is 34.8. The number of carbonyl (C=O) groups is 1. The third-order valence-corrected chi connectivity index (χ3v) is 9.17. The molecule has 0 aromatic carbocycles. The monoisotopic (exact) mass is 439 g/mol. The van der Waals surface area contributed by atoms with Gasteiger partial charge in [-0.1, -0.05) is 33.8 Å². The van der Waals surface area contributed by atoms with Crippen molar-refractivity contribution in [3.05, 3.63) is 34.6 Å². The van der Waals surface area contributed by atoms with E-state index in [1.807, 2.05) is 0 Å². The first-order valence-corrected chi connectivity index (χ1v) is 12.6. The molecule has 0 radical (unpaired) electrons. The molecule has 0 spiro atoms. The third kappa shape index (κ3) is 3.56. The average Bonchev–Trinajstić information content (AvgIpc) is 2.89. The van der Waals surface area contributed by atoms with Gasteiger partial charge in [0.25, 0.3) is 0 Å². The van der Waals surface area contributed by atoms with Crippen molar-refractivity contribution in [3.8, 4) is 0 Å². The maximum Gasteiger partial charge on any atom is 0.331 e. The van der Waals surface area contributed by atoms with Crippen molar-refractivity contribution in [1.82, 2.24) is 14.7 Å². The quantitative estimate of drug-likeness (QED) is 0.603. The van der Waals surface area contributed by atoms with Gasteiger partial charge in [0.2, 0.25) is 0 Å². The molecule has 5 rings (SSSR count). The molecule has 3 unspecified atom stereocenters. The fourth-order valence-corrected chi connectivity index (χ4v) is 6.80. The highest BCUT2D eigenvalue weighted by Gasteiger charge is 2.52. The molecule has 5 nitrogen and oxygen atoms in total. The highest BCUT2D eigenvalue weighted by Crippen LogP contribution is 2.55. The molecular formula is C27H41N3O2. The zero-order valence-corrected chi connectivity index (χ0v) is 20.9. The second-order valence-corrected chi connectivity index (χ2v) is 12.0. The number of carbonyl (C=O) groups excluding carboxylic acids is 1. The second kappa shape index (κ2) is 7.73. The Labute approximate surface area is 194 Å². The van der Waals surface area contributed by atoms with Gasteiger partial charge in [0.1, 0.15) is 6.10 Å². The van der Waals surface area contributed by atoms with Crippen molar-refractivity contribution < 1.29 is 9.53 Å². The summed E-state index contributed by atoms with van der Waals surface area (Å²) in [5.41, 5.74) is 5.81. The zero-order chi connectivity index (χ0) is 22.8. The minimum atomic E-state index is -0.167. The Balaban J connectivity index is 1.55. The number of ether oxygens (including phenoxy) is 1. The van der Waals surface area contributed by atoms with E-state index in [1.165, 1.54) is 29.7 Å². The molecule has 4 heterocycles. The molecule has 0 amide bonds. The van der Waals surface area contributed by atoms with Gasteiger partial charge in [-0.25, -0.2) is 4.79 Å². The first-order valence-electron chi connectivity index (χ1n) is 12.6. The van der Waals surface area contributed by atoms with E-state index >= 15 is 0 Å². The van der Waals surface area contributed by atoms with Crippen molar-refractivity contribution in [1.29, 1.82) is 0 Å². The Kier molecular flexibility index (Phi) is 5.37. The standard InChI is InChI=1S/C27H41N3O2/c1-18-28(6)12-7-13-30(18)17-19-16-22(31)32-25-20(19)8-9-21-24-23(25)27(4,5)11-15-29(24)14-10-26(21,2)3/h8,16,18,23,25H,7,9-15,17H2,1-6H3. The van der Waals surface area contributed by atoms with Crippen LogP contribution in [0.5, 0.6) is 0 Å². The summed E-state index contributed by atoms with van der Waals surface area (Å²) < 4.78 is 6.20. The van der Waals surface area contributed by atoms with E-state index < -0.39 is 0 Å². The van der Waals surface area contributed by atoms with E-state index in [-0.39, 0.29) is 28.8 Å². The van der Waals surface area contributed by atoms with Crippen LogP contribution in [-0.4, -0.2) is 72.7 Å². The van der Waals surface area contributed by atoms with Crippen LogP contribution in [0.2, 0.25) is 0 Å². The highest BCUT2D eigenvalue weighted by molar-refractivity contribution is 5.86. The number of rotatable bonds is 2. The lowest BCUT2D eigenvalue weighted by Gasteiger charge is -2.54. The topological polar surface area (TPSA) is 36.0 Å². The van der Waals surface area contributed by atoms with Crippen LogP contribution in [0.4, 0.5) is 0 Å². The predicted molar refractivity (Wildman–Crippen MR) is 128 cm³/mol. The molecule has 2 saturated heterocycles. The van der Waals surface area contributed by atoms with Gasteiger partial charge in [0.05, 0.1) is 6.17 Å². The van der Waals surface area contributed by atoms with Crippen LogP contribution in [0.3, 0.4) is 0 Å². The predicted octanol–water partition coefficient (Wildman–Crippen LogP) is 4.18. The van der Waals surface area contributed by atoms with Crippen molar-refractivity contribution in [2.45, 2.75) is 72.6 Å². The third-order valence-electron chi connectivity index (χ3n) is 9.17. The Morgan fingerprint density at radius 3 is 2.62 bits per heavy atom. The fourth-order valence-electron chi connectivity index (χ4n) is 6.80. The van der Waals surface area contributed by atoms with Crippen LogP contribution in [0.25, 0.3) is 0 Å². The van der Waals surface area contributed by atoms with E-state index in [1.54, 1.807) is 11.6 Å². The average molecular weight is 440 g/mol. The van der Waals surface area contributed by atoms with E-state index in [2.05, 4.69) is 62.4 Å². The molecule has 0 saturated carbocycles. The van der Waals surface area contributed by atoms with Crippen molar-refractivity contribution in [3.63, 3.8) is 0 Å². The van der Waals surface area contributed by atoms with Gasteiger partial charge in [0, 0.05) is 50.4 Å². The summed E-state index contributed by atoms with van der Waals surface area (Å²) in [6.07, 6.45) is 8.92. The molecule has 32 heavy (non-hydrogen) atoms. The van der Waals surface area contributed by atoms with Crippen molar-refractivity contribution >= 4 is 5.97 Å². The van der Waals surface area contributed by atoms with Gasteiger partial charge >= 0.3 is 5.97 Å². The molecule has 0 bridgehead atoms. The van der Waals surface area contributed by atoms with Crippen LogP contribution in [0.15, 0.2) is 34.6 Å². The van der Waals surface area contributed by atoms with Crippen LogP contribution >= 0.6 is 0 Å². The molecule has 176 valence electrons. The van der Waals surface area contributed by atoms with Gasteiger partial charge in [0.15, 0.2) is 0 Å². The molecule has 0 aromatic heterocycles. The summed E-state index contributed by atoms with van der Waals surface area (Å²) in [7, 11) is 2.20. The van der Waals surface area contributed by atoms with E-state index in [4.69, 9.17) is 4.74 Å². The van der Waals surface area contributed by atoms with E-state index in [0.29, 0.717) is 6.17 Å². The minimum absolute atomic E-state index is 0.0972. The SMILES string of the molecule is CC1N(C)CCCN1CC1=CC(=O)OC2C1=CCC1=C3C2C(C)(C)CCN3CCC1(C)C. The zero-order valence-electron chi connectivity index (χ0n) is 20.9. The van der Waals surface area contributed by atoms with Gasteiger partial charge in [-0.05, 0) is 67.2 Å². The van der Waals surface area contributed by atoms with Crippen LogP contribution in [0.1, 0.15) is 60.3 Å². The highest BCUT2D eigenvalue weighted by atomic mass is 16.5. The largest absolute Gasteiger partial charge is 0.454 e. The smallest absolute Gasteiger partial charge is 0.331 e. The number of fused-ring (bicyclic) bond motifs is 2. The number of piperidine rings is 1. The number of nitrogens with zero attached hydrogens (tertiary/aromatic N) is 3. The first-order chi connectivity index (χ1) is 15.1.